The summed E-state index contributed by atoms with van der Waals surface area (Å²) in [5.74, 6) is -5.75. The molecule has 2 saturated heterocycles. The van der Waals surface area contributed by atoms with E-state index in [0.29, 0.717) is 21.8 Å². The van der Waals surface area contributed by atoms with Crippen molar-refractivity contribution in [1.29, 1.82) is 0 Å². The topological polar surface area (TPSA) is 147 Å². The van der Waals surface area contributed by atoms with Crippen molar-refractivity contribution in [2.45, 2.75) is 28.5 Å². The zero-order valence-corrected chi connectivity index (χ0v) is 20.7. The van der Waals surface area contributed by atoms with Gasteiger partial charge in [-0.25, -0.2) is 4.79 Å². The zero-order valence-electron chi connectivity index (χ0n) is 19.1. The number of rotatable bonds is 4. The molecular formula is C24H23Cl2N3O7. The molecule has 1 saturated carbocycles. The van der Waals surface area contributed by atoms with Gasteiger partial charge in [0.25, 0.3) is 11.8 Å². The molecule has 1 aromatic rings. The lowest BCUT2D eigenvalue weighted by atomic mass is 9.56. The average molecular weight is 536 g/mol. The fourth-order valence-corrected chi connectivity index (χ4v) is 7.27. The number of carbonyl (C=O) groups excluding carboxylic acids is 5. The summed E-state index contributed by atoms with van der Waals surface area (Å²) >= 11 is 14.1. The lowest BCUT2D eigenvalue weighted by molar-refractivity contribution is -0.139. The normalized spacial score (nSPS) is 35.4. The van der Waals surface area contributed by atoms with Gasteiger partial charge in [-0.3, -0.25) is 24.1 Å². The molecule has 1 aromatic carbocycles. The number of benzene rings is 1. The molecule has 5 rings (SSSR count). The summed E-state index contributed by atoms with van der Waals surface area (Å²) in [5, 5.41) is 9.00. The van der Waals surface area contributed by atoms with Crippen LogP contribution in [0.25, 0.3) is 0 Å². The first-order valence-corrected chi connectivity index (χ1v) is 12.2. The fourth-order valence-electron chi connectivity index (χ4n) is 6.26. The van der Waals surface area contributed by atoms with Crippen molar-refractivity contribution in [3.05, 3.63) is 41.5 Å². The van der Waals surface area contributed by atoms with Crippen LogP contribution in [0.3, 0.4) is 0 Å². The number of halogens is 2. The van der Waals surface area contributed by atoms with Crippen molar-refractivity contribution in [3.63, 3.8) is 0 Å². The molecule has 0 aromatic heterocycles. The summed E-state index contributed by atoms with van der Waals surface area (Å²) < 4.78 is 5.42. The van der Waals surface area contributed by atoms with E-state index in [4.69, 9.17) is 38.8 Å². The first-order chi connectivity index (χ1) is 17.0. The van der Waals surface area contributed by atoms with E-state index in [1.165, 1.54) is 7.05 Å². The van der Waals surface area contributed by atoms with Gasteiger partial charge < -0.3 is 15.6 Å². The van der Waals surface area contributed by atoms with E-state index in [1.54, 1.807) is 30.3 Å². The minimum Gasteiger partial charge on any atom is -0.491 e. The Labute approximate surface area is 215 Å². The molecule has 6 atom stereocenters. The molecule has 10 nitrogen and oxygen atoms in total. The number of aliphatic hydroxyl groups excluding tert-OH is 1. The summed E-state index contributed by atoms with van der Waals surface area (Å²) in [6.07, 6.45) is 1.73. The van der Waals surface area contributed by atoms with Crippen LogP contribution in [0.1, 0.15) is 24.3 Å². The first-order valence-electron chi connectivity index (χ1n) is 11.4. The van der Waals surface area contributed by atoms with E-state index < -0.39 is 63.1 Å². The first kappa shape index (κ1) is 24.7. The smallest absolute Gasteiger partial charge is 0.328 e. The highest BCUT2D eigenvalue weighted by Crippen LogP contribution is 2.65. The van der Waals surface area contributed by atoms with Gasteiger partial charge in [0.05, 0.1) is 18.4 Å². The van der Waals surface area contributed by atoms with Gasteiger partial charge >= 0.3 is 6.03 Å². The van der Waals surface area contributed by atoms with Crippen molar-refractivity contribution in [3.8, 4) is 5.75 Å². The van der Waals surface area contributed by atoms with Crippen LogP contribution in [0.5, 0.6) is 5.75 Å². The van der Waals surface area contributed by atoms with Crippen LogP contribution in [0.4, 0.5) is 4.79 Å². The number of hydrogen-bond donors (Lipinski definition) is 2. The van der Waals surface area contributed by atoms with E-state index in [1.807, 2.05) is 0 Å². The number of hydrogen-bond acceptors (Lipinski definition) is 7. The molecule has 2 aliphatic carbocycles. The molecule has 2 aliphatic heterocycles. The van der Waals surface area contributed by atoms with Crippen LogP contribution in [-0.2, 0) is 19.2 Å². The lowest BCUT2D eigenvalue weighted by Crippen LogP contribution is -2.60. The standard InChI is InChI=1S/C24H23Cl2N3O7/c1-28-20(33)23(25)10-15-13(6-7-14-16(15)19(32)29(18(14)31)22(27)35)17(24(23,26)21(28)34)11-2-4-12(5-3-11)36-9-8-30/h2-6,14-17,30H,7-10H2,1H3,(H2,27,35)/t14-,15+,16-,17-,23+,24-/m0/s1. The van der Waals surface area contributed by atoms with E-state index in [2.05, 4.69) is 0 Å². The maximum atomic E-state index is 13.4. The van der Waals surface area contributed by atoms with Crippen LogP contribution in [-0.4, -0.2) is 74.6 Å². The molecule has 4 aliphatic rings. The minimum absolute atomic E-state index is 0.0909. The van der Waals surface area contributed by atoms with Gasteiger partial charge in [-0.2, -0.15) is 4.90 Å². The maximum absolute atomic E-state index is 13.4. The van der Waals surface area contributed by atoms with Crippen LogP contribution in [0.15, 0.2) is 35.9 Å². The maximum Gasteiger partial charge on any atom is 0.328 e. The molecule has 3 N–H and O–H groups in total. The minimum atomic E-state index is -1.90. The zero-order chi connectivity index (χ0) is 26.2. The molecular weight excluding hydrogens is 513 g/mol. The number of nitrogens with two attached hydrogens (primary N) is 1. The van der Waals surface area contributed by atoms with Crippen LogP contribution in [0, 0.1) is 17.8 Å². The van der Waals surface area contributed by atoms with E-state index in [9.17, 15) is 24.0 Å². The monoisotopic (exact) mass is 535 g/mol. The number of nitrogens with zero attached hydrogens (tertiary/aromatic N) is 2. The quantitative estimate of drug-likeness (QED) is 0.333. The Morgan fingerprint density at radius 3 is 2.39 bits per heavy atom. The molecule has 0 bridgehead atoms. The van der Waals surface area contributed by atoms with Gasteiger partial charge in [-0.05, 0) is 36.5 Å². The number of fused-ring (bicyclic) bond motifs is 4. The van der Waals surface area contributed by atoms with E-state index in [0.717, 1.165) is 4.90 Å². The van der Waals surface area contributed by atoms with Crippen molar-refractivity contribution in [2.24, 2.45) is 23.5 Å². The lowest BCUT2D eigenvalue weighted by Gasteiger charge is -2.50. The molecule has 0 unspecified atom stereocenters. The number of aliphatic hydroxyl groups is 1. The largest absolute Gasteiger partial charge is 0.491 e. The van der Waals surface area contributed by atoms with Crippen LogP contribution < -0.4 is 10.5 Å². The Morgan fingerprint density at radius 2 is 1.78 bits per heavy atom. The predicted molar refractivity (Wildman–Crippen MR) is 126 cm³/mol. The molecule has 3 fully saturated rings. The molecule has 190 valence electrons. The highest BCUT2D eigenvalue weighted by Gasteiger charge is 2.75. The van der Waals surface area contributed by atoms with E-state index in [-0.39, 0.29) is 26.1 Å². The third-order valence-electron chi connectivity index (χ3n) is 7.81. The van der Waals surface area contributed by atoms with Gasteiger partial charge in [-0.1, -0.05) is 23.8 Å². The molecule has 0 radical (unpaired) electrons. The number of alkyl halides is 2. The van der Waals surface area contributed by atoms with Gasteiger partial charge in [0, 0.05) is 13.0 Å². The second-order valence-electron chi connectivity index (χ2n) is 9.49. The molecule has 6 amide bonds. The van der Waals surface area contributed by atoms with Crippen LogP contribution in [0.2, 0.25) is 0 Å². The Hall–Kier alpha value is -2.95. The summed E-state index contributed by atoms with van der Waals surface area (Å²) in [4.78, 5) is 62.2. The average Bonchev–Trinajstić information content (AvgIpc) is 3.18. The highest BCUT2D eigenvalue weighted by atomic mass is 35.5. The Balaban J connectivity index is 1.66. The molecule has 12 heteroatoms. The number of amides is 6. The summed E-state index contributed by atoms with van der Waals surface area (Å²) in [5.41, 5.74) is 6.47. The predicted octanol–water partition coefficient (Wildman–Crippen LogP) is 1.12. The summed E-state index contributed by atoms with van der Waals surface area (Å²) in [6, 6.07) is 5.48. The third-order valence-corrected chi connectivity index (χ3v) is 9.22. The van der Waals surface area contributed by atoms with Gasteiger partial charge in [-0.15, -0.1) is 23.2 Å². The van der Waals surface area contributed by atoms with Gasteiger partial charge in [0.2, 0.25) is 11.8 Å². The van der Waals surface area contributed by atoms with Crippen molar-refractivity contribution in [2.75, 3.05) is 20.3 Å². The number of ether oxygens (including phenoxy) is 1. The number of urea groups is 1. The Kier molecular flexibility index (Phi) is 5.70. The highest BCUT2D eigenvalue weighted by molar-refractivity contribution is 6.53. The number of primary amides is 1. The molecule has 2 heterocycles. The fraction of sp³-hybridized carbons (Fsp3) is 0.458. The third kappa shape index (κ3) is 3.04. The number of allylic oxidation sites excluding steroid dienone is 2. The second kappa shape index (κ2) is 8.29. The molecule has 36 heavy (non-hydrogen) atoms. The summed E-state index contributed by atoms with van der Waals surface area (Å²) in [7, 11) is 1.31. The van der Waals surface area contributed by atoms with Crippen molar-refractivity contribution >= 4 is 52.9 Å². The van der Waals surface area contributed by atoms with Crippen LogP contribution >= 0.6 is 23.2 Å². The van der Waals surface area contributed by atoms with Crippen molar-refractivity contribution < 1.29 is 33.8 Å². The van der Waals surface area contributed by atoms with Gasteiger partial charge in [0.15, 0.2) is 9.75 Å². The second-order valence-corrected chi connectivity index (χ2v) is 10.7. The number of imide groups is 4. The van der Waals surface area contributed by atoms with Crippen molar-refractivity contribution in [1.82, 2.24) is 9.80 Å². The van der Waals surface area contributed by atoms with Gasteiger partial charge in [0.1, 0.15) is 12.4 Å². The number of likely N-dealkylation sites (tertiary alicyclic amines) is 2. The number of carbonyl (C=O) groups is 5. The molecule has 0 spiro atoms. The SMILES string of the molecule is CN1C(=O)[C@]2(Cl)C[C@@H]3C(=CC[C@@H]4C(=O)N(C(N)=O)C(=O)[C@@H]43)[C@H](c3ccc(OCCO)cc3)[C@]2(Cl)C1=O. The Morgan fingerprint density at radius 1 is 1.11 bits per heavy atom. The summed E-state index contributed by atoms with van der Waals surface area (Å²) in [6.45, 7) is -0.0767. The Bertz CT molecular complexity index is 1230. The van der Waals surface area contributed by atoms with E-state index >= 15 is 0 Å².